The van der Waals surface area contributed by atoms with Crippen LogP contribution in [-0.2, 0) is 0 Å². The molecule has 0 unspecified atom stereocenters. The Balaban J connectivity index is -0.000000408. The van der Waals surface area contributed by atoms with Gasteiger partial charge < -0.3 is 0 Å². The number of hydrogen-bond acceptors (Lipinski definition) is 0. The van der Waals surface area contributed by atoms with E-state index in [9.17, 15) is 0 Å². The van der Waals surface area contributed by atoms with Crippen molar-refractivity contribution in [3.05, 3.63) is 0 Å². The predicted octanol–water partition coefficient (Wildman–Crippen LogP) is 14.3. The SMILES string of the molecule is CC.CC.CC.CC.CC(C)=[N+](C)[C@@H]1CCCC[C@@H]1[N+](C)=C(C)C.CC(C)=[N+](C)[C@@H]1CCCC[C@@H]1[N+](C)=C(C)C.CC(C)=[N+](C)[C@@H]1CCCC[C@H]1[N+](C)=C(C)C.CC(C)=[N+](C)[C@H]1CCCC[C@@H]1[N+](C)=C(C)C. The molecule has 0 aromatic rings. The predicted molar refractivity (Wildman–Crippen MR) is 330 cm³/mol. The van der Waals surface area contributed by atoms with Crippen LogP contribution in [0.25, 0.3) is 0 Å². The summed E-state index contributed by atoms with van der Waals surface area (Å²) >= 11 is 0. The van der Waals surface area contributed by atoms with Crippen LogP contribution in [0, 0.1) is 0 Å². The molecule has 8 nitrogen and oxygen atoms in total. The van der Waals surface area contributed by atoms with E-state index in [1.165, 1.54) is 148 Å². The van der Waals surface area contributed by atoms with E-state index >= 15 is 0 Å². The Morgan fingerprint density at radius 3 is 0.306 bits per heavy atom. The van der Waals surface area contributed by atoms with Crippen LogP contribution in [0.2, 0.25) is 0 Å². The van der Waals surface area contributed by atoms with Crippen molar-refractivity contribution in [1.29, 1.82) is 0 Å². The summed E-state index contributed by atoms with van der Waals surface area (Å²) < 4.78 is 19.8. The molecule has 0 aromatic heterocycles. The Morgan fingerprint density at radius 1 is 0.181 bits per heavy atom. The van der Waals surface area contributed by atoms with Crippen molar-refractivity contribution in [3.63, 3.8) is 0 Å². The molecular formula is C64H136N8+8. The Morgan fingerprint density at radius 2 is 0.250 bits per heavy atom. The Bertz CT molecular complexity index is 1350. The Kier molecular flexibility index (Phi) is 44.9. The molecular weight excluding hydrogens is 881 g/mol. The molecule has 0 aliphatic heterocycles. The van der Waals surface area contributed by atoms with Gasteiger partial charge in [0.25, 0.3) is 0 Å². The monoisotopic (exact) mass is 1020 g/mol. The lowest BCUT2D eigenvalue weighted by atomic mass is 9.89. The zero-order chi connectivity index (χ0) is 57.2. The fourth-order valence-electron chi connectivity index (χ4n) is 10.6. The zero-order valence-electron chi connectivity index (χ0n) is 55.5. The van der Waals surface area contributed by atoms with Gasteiger partial charge >= 0.3 is 0 Å². The Labute approximate surface area is 454 Å². The highest BCUT2D eigenvalue weighted by atomic mass is 15.1. The molecule has 0 heterocycles. The average Bonchev–Trinajstić information content (AvgIpc) is 3.39. The summed E-state index contributed by atoms with van der Waals surface area (Å²) in [6, 6.07) is 5.55. The summed E-state index contributed by atoms with van der Waals surface area (Å²) in [6.45, 7) is 51.5. The van der Waals surface area contributed by atoms with Crippen molar-refractivity contribution in [2.75, 3.05) is 56.4 Å². The number of nitrogens with zero attached hydrogens (tertiary/aromatic N) is 8. The van der Waals surface area contributed by atoms with Gasteiger partial charge in [-0.3, -0.25) is 0 Å². The fourth-order valence-corrected chi connectivity index (χ4v) is 10.6. The number of rotatable bonds is 8. The average molecular weight is 1020 g/mol. The van der Waals surface area contributed by atoms with Crippen molar-refractivity contribution >= 4 is 45.7 Å². The van der Waals surface area contributed by atoms with Crippen molar-refractivity contribution in [2.45, 2.75) is 317 Å². The molecule has 424 valence electrons. The zero-order valence-corrected chi connectivity index (χ0v) is 55.5. The first-order valence-corrected chi connectivity index (χ1v) is 30.0. The van der Waals surface area contributed by atoms with Gasteiger partial charge in [-0.2, -0.15) is 0 Å². The molecule has 72 heavy (non-hydrogen) atoms. The summed E-state index contributed by atoms with van der Waals surface area (Å²) in [5.74, 6) is 0. The summed E-state index contributed by atoms with van der Waals surface area (Å²) in [5.41, 5.74) is 11.4. The van der Waals surface area contributed by atoms with Gasteiger partial charge in [-0.25, -0.2) is 36.6 Å². The molecule has 8 heteroatoms. The summed E-state index contributed by atoms with van der Waals surface area (Å²) in [5, 5.41) is 0. The van der Waals surface area contributed by atoms with Gasteiger partial charge in [-0.1, -0.05) is 55.4 Å². The minimum atomic E-state index is 0.693. The maximum absolute atomic E-state index is 2.48. The third-order valence-corrected chi connectivity index (χ3v) is 16.4. The highest BCUT2D eigenvalue weighted by molar-refractivity contribution is 5.76. The summed E-state index contributed by atoms with van der Waals surface area (Å²) in [7, 11) is 18.0. The van der Waals surface area contributed by atoms with Crippen LogP contribution in [0.15, 0.2) is 0 Å². The molecule has 0 aromatic carbocycles. The molecule has 4 fully saturated rings. The van der Waals surface area contributed by atoms with Gasteiger partial charge in [-0.15, -0.1) is 0 Å². The van der Waals surface area contributed by atoms with E-state index in [1.807, 2.05) is 55.4 Å². The van der Waals surface area contributed by atoms with E-state index in [-0.39, 0.29) is 0 Å². The van der Waals surface area contributed by atoms with Crippen molar-refractivity contribution in [2.24, 2.45) is 0 Å². The second-order valence-corrected chi connectivity index (χ2v) is 22.1. The molecule has 0 radical (unpaired) electrons. The van der Waals surface area contributed by atoms with E-state index in [4.69, 9.17) is 0 Å². The van der Waals surface area contributed by atoms with E-state index in [1.54, 1.807) is 0 Å². The van der Waals surface area contributed by atoms with Crippen molar-refractivity contribution in [1.82, 2.24) is 0 Å². The molecule has 0 amide bonds. The lowest BCUT2D eigenvalue weighted by Gasteiger charge is -2.26. The summed E-state index contributed by atoms with van der Waals surface area (Å²) in [6.07, 6.45) is 21.8. The van der Waals surface area contributed by atoms with Gasteiger partial charge in [-0.05, 0) is 51.4 Å². The lowest BCUT2D eigenvalue weighted by molar-refractivity contribution is -0.636. The first-order chi connectivity index (χ1) is 33.8. The van der Waals surface area contributed by atoms with E-state index in [0.29, 0.717) is 48.3 Å². The van der Waals surface area contributed by atoms with Crippen molar-refractivity contribution < 1.29 is 36.6 Å². The van der Waals surface area contributed by atoms with Crippen LogP contribution >= 0.6 is 0 Å². The number of hydrogen-bond donors (Lipinski definition) is 0. The molecule has 8 atom stereocenters. The van der Waals surface area contributed by atoms with Crippen LogP contribution in [0.5, 0.6) is 0 Å². The van der Waals surface area contributed by atoms with E-state index in [0.717, 1.165) is 0 Å². The molecule has 0 N–H and O–H groups in total. The normalized spacial score (nSPS) is 22.7. The molecule has 4 aliphatic carbocycles. The maximum Gasteiger partial charge on any atom is 0.212 e. The largest absolute Gasteiger partial charge is 0.231 e. The molecule has 0 bridgehead atoms. The molecule has 4 saturated carbocycles. The molecule has 4 aliphatic rings. The number of likely N-dealkylation sites (N-methyl/N-ethyl adjacent to an activating group) is 8. The fraction of sp³-hybridized carbons (Fsp3) is 0.875. The van der Waals surface area contributed by atoms with Gasteiger partial charge in [0.05, 0.1) is 0 Å². The minimum Gasteiger partial charge on any atom is -0.231 e. The highest BCUT2D eigenvalue weighted by Gasteiger charge is 2.42. The topological polar surface area (TPSA) is 24.1 Å². The first-order valence-electron chi connectivity index (χ1n) is 30.0. The lowest BCUT2D eigenvalue weighted by Crippen LogP contribution is -2.46. The third kappa shape index (κ3) is 26.7. The van der Waals surface area contributed by atoms with Gasteiger partial charge in [0.15, 0.2) is 0 Å². The standard InChI is InChI=1S/4C14H28N2.4C2H6/c4*1-11(2)15(5)13-9-7-8-10-14(13)16(6)12(3)4;4*1-2/h4*13-14H,7-10H2,1-6H3;4*1-2H3/q4*+2;;;;/t2*13-,14+;2*13-,14-;;;;/m..10..../s1. The molecule has 0 spiro atoms. The second kappa shape index (κ2) is 42.6. The van der Waals surface area contributed by atoms with E-state index in [2.05, 4.69) is 204 Å². The van der Waals surface area contributed by atoms with Crippen LogP contribution < -0.4 is 0 Å². The van der Waals surface area contributed by atoms with E-state index < -0.39 is 0 Å². The molecule has 0 saturated heterocycles. The van der Waals surface area contributed by atoms with Gasteiger partial charge in [0.2, 0.25) is 48.3 Å². The third-order valence-electron chi connectivity index (χ3n) is 16.4. The Hall–Kier alpha value is -2.64. The highest BCUT2D eigenvalue weighted by Crippen LogP contribution is 2.26. The first kappa shape index (κ1) is 75.9. The van der Waals surface area contributed by atoms with Crippen LogP contribution in [0.1, 0.15) is 269 Å². The van der Waals surface area contributed by atoms with Gasteiger partial charge in [0.1, 0.15) is 102 Å². The van der Waals surface area contributed by atoms with Crippen LogP contribution in [0.4, 0.5) is 0 Å². The summed E-state index contributed by atoms with van der Waals surface area (Å²) in [4.78, 5) is 0. The van der Waals surface area contributed by atoms with Crippen LogP contribution in [0.3, 0.4) is 0 Å². The quantitative estimate of drug-likeness (QED) is 0.171. The minimum absolute atomic E-state index is 0.693. The van der Waals surface area contributed by atoms with Gasteiger partial charge in [0, 0.05) is 162 Å². The second-order valence-electron chi connectivity index (χ2n) is 22.1. The maximum atomic E-state index is 2.48. The molecule has 4 rings (SSSR count). The van der Waals surface area contributed by atoms with Crippen molar-refractivity contribution in [3.8, 4) is 0 Å². The van der Waals surface area contributed by atoms with Crippen LogP contribution in [-0.4, -0.2) is 187 Å². The smallest absolute Gasteiger partial charge is 0.212 e.